The van der Waals surface area contributed by atoms with Gasteiger partial charge in [0.1, 0.15) is 11.9 Å². The second-order valence-corrected chi connectivity index (χ2v) is 5.57. The largest absolute Gasteiger partial charge is 0.472 e. The highest BCUT2D eigenvalue weighted by Crippen LogP contribution is 2.18. The normalized spacial score (nSPS) is 17.2. The van der Waals surface area contributed by atoms with Crippen molar-refractivity contribution in [2.45, 2.75) is 46.1 Å². The Morgan fingerprint density at radius 2 is 2.09 bits per heavy atom. The van der Waals surface area contributed by atoms with Gasteiger partial charge in [0.2, 0.25) is 11.8 Å². The maximum atomic E-state index is 12.1. The molecule has 0 spiro atoms. The molecule has 1 atom stereocenters. The third-order valence-corrected chi connectivity index (χ3v) is 3.58. The number of hydrogen-bond donors (Lipinski definition) is 0. The monoisotopic (exact) mass is 321 g/mol. The van der Waals surface area contributed by atoms with Crippen LogP contribution >= 0.6 is 0 Å². The molecule has 1 amide bonds. The second-order valence-electron chi connectivity index (χ2n) is 5.57. The lowest BCUT2D eigenvalue weighted by Gasteiger charge is -2.17. The van der Waals surface area contributed by atoms with Crippen LogP contribution in [0.15, 0.2) is 6.07 Å². The molecule has 0 bridgehead atoms. The first-order valence-corrected chi connectivity index (χ1v) is 7.90. The van der Waals surface area contributed by atoms with Crippen molar-refractivity contribution in [1.82, 2.24) is 14.9 Å². The minimum atomic E-state index is -0.334. The van der Waals surface area contributed by atoms with E-state index in [-0.39, 0.29) is 30.8 Å². The Morgan fingerprint density at radius 1 is 1.30 bits per heavy atom. The fourth-order valence-electron chi connectivity index (χ4n) is 2.57. The second kappa shape index (κ2) is 7.89. The summed E-state index contributed by atoms with van der Waals surface area (Å²) in [7, 11) is 0. The number of carbonyl (C=O) groups is 2. The number of carbonyl (C=O) groups excluding carboxylic acids is 2. The molecule has 2 heterocycles. The molecule has 1 aromatic rings. The van der Waals surface area contributed by atoms with Crippen LogP contribution in [0.4, 0.5) is 0 Å². The molecular weight excluding hydrogens is 298 g/mol. The van der Waals surface area contributed by atoms with Gasteiger partial charge in [-0.05, 0) is 20.8 Å². The average molecular weight is 321 g/mol. The SMILES string of the molecule is CCOC(=O)CCC(=O)N1CC[C@H](Oc2cc(C)nc(C)n2)C1. The van der Waals surface area contributed by atoms with Gasteiger partial charge in [0.25, 0.3) is 0 Å². The summed E-state index contributed by atoms with van der Waals surface area (Å²) >= 11 is 0. The standard InChI is InChI=1S/C16H23N3O4/c1-4-22-16(21)6-5-15(20)19-8-7-13(10-19)23-14-9-11(2)17-12(3)18-14/h9,13H,4-8,10H2,1-3H3/t13-/m0/s1. The first kappa shape index (κ1) is 17.2. The number of nitrogens with zero attached hydrogens (tertiary/aromatic N) is 3. The summed E-state index contributed by atoms with van der Waals surface area (Å²) in [5, 5.41) is 0. The van der Waals surface area contributed by atoms with Gasteiger partial charge < -0.3 is 14.4 Å². The molecule has 23 heavy (non-hydrogen) atoms. The van der Waals surface area contributed by atoms with E-state index < -0.39 is 0 Å². The zero-order valence-electron chi connectivity index (χ0n) is 13.9. The zero-order chi connectivity index (χ0) is 16.8. The molecular formula is C16H23N3O4. The molecule has 0 unspecified atom stereocenters. The third kappa shape index (κ3) is 5.19. The number of rotatable bonds is 6. The van der Waals surface area contributed by atoms with E-state index in [0.29, 0.717) is 31.4 Å². The van der Waals surface area contributed by atoms with Crippen molar-refractivity contribution in [2.24, 2.45) is 0 Å². The van der Waals surface area contributed by atoms with Gasteiger partial charge in [-0.1, -0.05) is 0 Å². The third-order valence-electron chi connectivity index (χ3n) is 3.58. The van der Waals surface area contributed by atoms with Crippen molar-refractivity contribution in [3.05, 3.63) is 17.6 Å². The number of likely N-dealkylation sites (tertiary alicyclic amines) is 1. The van der Waals surface area contributed by atoms with Gasteiger partial charge in [0.05, 0.1) is 19.6 Å². The molecule has 1 aliphatic heterocycles. The number of ether oxygens (including phenoxy) is 2. The summed E-state index contributed by atoms with van der Waals surface area (Å²) in [6, 6.07) is 1.79. The van der Waals surface area contributed by atoms with Gasteiger partial charge in [-0.2, -0.15) is 4.98 Å². The molecule has 0 radical (unpaired) electrons. The number of amides is 1. The predicted molar refractivity (Wildman–Crippen MR) is 83.0 cm³/mol. The Kier molecular flexibility index (Phi) is 5.90. The van der Waals surface area contributed by atoms with Crippen molar-refractivity contribution < 1.29 is 19.1 Å². The van der Waals surface area contributed by atoms with Crippen LogP contribution in [0, 0.1) is 13.8 Å². The van der Waals surface area contributed by atoms with Crippen LogP contribution in [0.2, 0.25) is 0 Å². The Bertz CT molecular complexity index is 556. The van der Waals surface area contributed by atoms with E-state index in [4.69, 9.17) is 9.47 Å². The highest BCUT2D eigenvalue weighted by Gasteiger charge is 2.28. The van der Waals surface area contributed by atoms with Gasteiger partial charge in [-0.3, -0.25) is 9.59 Å². The van der Waals surface area contributed by atoms with E-state index in [2.05, 4.69) is 9.97 Å². The van der Waals surface area contributed by atoms with Crippen LogP contribution in [-0.4, -0.2) is 52.5 Å². The van der Waals surface area contributed by atoms with Crippen molar-refractivity contribution >= 4 is 11.9 Å². The first-order valence-electron chi connectivity index (χ1n) is 7.90. The van der Waals surface area contributed by atoms with Crippen LogP contribution in [0.25, 0.3) is 0 Å². The lowest BCUT2D eigenvalue weighted by molar-refractivity contribution is -0.145. The topological polar surface area (TPSA) is 81.6 Å². The lowest BCUT2D eigenvalue weighted by atomic mass is 10.3. The maximum Gasteiger partial charge on any atom is 0.306 e. The zero-order valence-corrected chi connectivity index (χ0v) is 13.9. The fraction of sp³-hybridized carbons (Fsp3) is 0.625. The smallest absolute Gasteiger partial charge is 0.306 e. The summed E-state index contributed by atoms with van der Waals surface area (Å²) < 4.78 is 10.7. The van der Waals surface area contributed by atoms with Crippen LogP contribution in [0.3, 0.4) is 0 Å². The average Bonchev–Trinajstić information content (AvgIpc) is 2.92. The van der Waals surface area contributed by atoms with Crippen LogP contribution in [-0.2, 0) is 14.3 Å². The molecule has 1 fully saturated rings. The summed E-state index contributed by atoms with van der Waals surface area (Å²) in [6.45, 7) is 6.95. The molecule has 1 aromatic heterocycles. The molecule has 7 nitrogen and oxygen atoms in total. The van der Waals surface area contributed by atoms with E-state index in [9.17, 15) is 9.59 Å². The quantitative estimate of drug-likeness (QED) is 0.737. The highest BCUT2D eigenvalue weighted by molar-refractivity contribution is 5.81. The van der Waals surface area contributed by atoms with Gasteiger partial charge in [0.15, 0.2) is 0 Å². The summed E-state index contributed by atoms with van der Waals surface area (Å²) in [6.07, 6.45) is 0.985. The molecule has 1 aliphatic rings. The summed E-state index contributed by atoms with van der Waals surface area (Å²) in [4.78, 5) is 33.6. The summed E-state index contributed by atoms with van der Waals surface area (Å²) in [5.74, 6) is 0.833. The predicted octanol–water partition coefficient (Wildman–Crippen LogP) is 1.42. The Hall–Kier alpha value is -2.18. The number of aromatic nitrogens is 2. The van der Waals surface area contributed by atoms with Crippen molar-refractivity contribution in [1.29, 1.82) is 0 Å². The lowest BCUT2D eigenvalue weighted by Crippen LogP contribution is -2.31. The van der Waals surface area contributed by atoms with Crippen molar-refractivity contribution in [3.63, 3.8) is 0 Å². The molecule has 0 aliphatic carbocycles. The van der Waals surface area contributed by atoms with E-state index in [1.165, 1.54) is 0 Å². The Labute approximate surface area is 136 Å². The van der Waals surface area contributed by atoms with Crippen molar-refractivity contribution in [3.8, 4) is 5.88 Å². The Morgan fingerprint density at radius 3 is 2.78 bits per heavy atom. The molecule has 0 N–H and O–H groups in total. The van der Waals surface area contributed by atoms with E-state index in [1.54, 1.807) is 17.9 Å². The number of esters is 1. The first-order chi connectivity index (χ1) is 11.0. The van der Waals surface area contributed by atoms with Gasteiger partial charge >= 0.3 is 5.97 Å². The van der Waals surface area contributed by atoms with E-state index in [1.807, 2.05) is 13.8 Å². The summed E-state index contributed by atoms with van der Waals surface area (Å²) in [5.41, 5.74) is 0.855. The van der Waals surface area contributed by atoms with Crippen LogP contribution in [0.5, 0.6) is 5.88 Å². The van der Waals surface area contributed by atoms with Crippen LogP contribution in [0.1, 0.15) is 37.7 Å². The van der Waals surface area contributed by atoms with Crippen molar-refractivity contribution in [2.75, 3.05) is 19.7 Å². The number of aryl methyl sites for hydroxylation is 2. The molecule has 1 saturated heterocycles. The van der Waals surface area contributed by atoms with Gasteiger partial charge in [-0.25, -0.2) is 4.98 Å². The molecule has 126 valence electrons. The Balaban J connectivity index is 1.81. The molecule has 7 heteroatoms. The number of hydrogen-bond acceptors (Lipinski definition) is 6. The molecule has 0 aromatic carbocycles. The fourth-order valence-corrected chi connectivity index (χ4v) is 2.57. The van der Waals surface area contributed by atoms with E-state index in [0.717, 1.165) is 12.1 Å². The van der Waals surface area contributed by atoms with Crippen LogP contribution < -0.4 is 4.74 Å². The van der Waals surface area contributed by atoms with Gasteiger partial charge in [-0.15, -0.1) is 0 Å². The molecule has 2 rings (SSSR count). The maximum absolute atomic E-state index is 12.1. The molecule has 0 saturated carbocycles. The van der Waals surface area contributed by atoms with Gasteiger partial charge in [0, 0.05) is 31.1 Å². The minimum Gasteiger partial charge on any atom is -0.472 e. The minimum absolute atomic E-state index is 0.0424. The van der Waals surface area contributed by atoms with E-state index >= 15 is 0 Å². The highest BCUT2D eigenvalue weighted by atomic mass is 16.5.